The molecule has 0 saturated heterocycles. The molecule has 2 aromatic carbocycles. The summed E-state index contributed by atoms with van der Waals surface area (Å²) in [7, 11) is 1.55. The molecule has 0 aromatic heterocycles. The summed E-state index contributed by atoms with van der Waals surface area (Å²) in [6, 6.07) is 14.4. The van der Waals surface area contributed by atoms with Gasteiger partial charge in [0.25, 0.3) is 0 Å². The third kappa shape index (κ3) is 8.98. The predicted molar refractivity (Wildman–Crippen MR) is 146 cm³/mol. The number of carbonyl (C=O) groups is 3. The van der Waals surface area contributed by atoms with Crippen molar-refractivity contribution >= 4 is 17.9 Å². The Morgan fingerprint density at radius 3 is 2.24 bits per heavy atom. The van der Waals surface area contributed by atoms with Crippen LogP contribution in [0.25, 0.3) is 0 Å². The van der Waals surface area contributed by atoms with Gasteiger partial charge in [0.05, 0.1) is 0 Å². The lowest BCUT2D eigenvalue weighted by molar-refractivity contribution is -0.141. The Kier molecular flexibility index (Phi) is 10.7. The summed E-state index contributed by atoms with van der Waals surface area (Å²) >= 11 is 0. The van der Waals surface area contributed by atoms with Crippen LogP contribution in [0.1, 0.15) is 70.2 Å². The molecule has 2 N–H and O–H groups in total. The molecule has 3 unspecified atom stereocenters. The van der Waals surface area contributed by atoms with E-state index in [-0.39, 0.29) is 18.4 Å². The molecule has 0 spiro atoms. The molecule has 0 aliphatic carbocycles. The predicted octanol–water partition coefficient (Wildman–Crippen LogP) is 4.61. The van der Waals surface area contributed by atoms with Gasteiger partial charge in [-0.2, -0.15) is 0 Å². The van der Waals surface area contributed by atoms with Crippen LogP contribution in [0.2, 0.25) is 0 Å². The fraction of sp³-hybridized carbons (Fsp3) is 0.433. The van der Waals surface area contributed by atoms with Crippen molar-refractivity contribution in [2.75, 3.05) is 7.05 Å². The normalized spacial score (nSPS) is 13.4. The molecule has 7 heteroatoms. The minimum Gasteiger partial charge on any atom is -0.444 e. The molecule has 2 rings (SSSR count). The van der Waals surface area contributed by atoms with E-state index in [1.165, 1.54) is 4.90 Å². The number of hydrogen-bond acceptors (Lipinski definition) is 4. The summed E-state index contributed by atoms with van der Waals surface area (Å²) in [4.78, 5) is 41.5. The van der Waals surface area contributed by atoms with Crippen molar-refractivity contribution in [3.63, 3.8) is 0 Å². The molecule has 0 fully saturated rings. The first-order valence-corrected chi connectivity index (χ1v) is 12.6. The van der Waals surface area contributed by atoms with Crippen LogP contribution in [0.3, 0.4) is 0 Å². The van der Waals surface area contributed by atoms with Gasteiger partial charge < -0.3 is 20.3 Å². The molecule has 0 aliphatic rings. The zero-order chi connectivity index (χ0) is 27.6. The highest BCUT2D eigenvalue weighted by molar-refractivity contribution is 5.92. The van der Waals surface area contributed by atoms with Crippen LogP contribution in [0, 0.1) is 12.3 Å². The number of terminal acetylenes is 1. The third-order valence-corrected chi connectivity index (χ3v) is 5.78. The quantitative estimate of drug-likeness (QED) is 0.462. The molecule has 0 aliphatic heterocycles. The Morgan fingerprint density at radius 1 is 1.03 bits per heavy atom. The van der Waals surface area contributed by atoms with Gasteiger partial charge in [-0.05, 0) is 51.3 Å². The van der Waals surface area contributed by atoms with E-state index in [9.17, 15) is 14.4 Å². The van der Waals surface area contributed by atoms with Gasteiger partial charge in [-0.25, -0.2) is 4.79 Å². The van der Waals surface area contributed by atoms with Gasteiger partial charge >= 0.3 is 6.09 Å². The minimum atomic E-state index is -0.988. The highest BCUT2D eigenvalue weighted by Gasteiger charge is 2.35. The second-order valence-electron chi connectivity index (χ2n) is 10.2. The molecular formula is C30H39N3O4. The smallest absolute Gasteiger partial charge is 0.408 e. The van der Waals surface area contributed by atoms with Crippen LogP contribution in [0.15, 0.2) is 54.6 Å². The monoisotopic (exact) mass is 505 g/mol. The second kappa shape index (κ2) is 13.5. The lowest BCUT2D eigenvalue weighted by Crippen LogP contribution is -2.53. The topological polar surface area (TPSA) is 87.7 Å². The Bertz CT molecular complexity index is 1100. The molecule has 0 saturated carbocycles. The first-order chi connectivity index (χ1) is 17.5. The summed E-state index contributed by atoms with van der Waals surface area (Å²) in [5, 5.41) is 5.73. The molecule has 7 nitrogen and oxygen atoms in total. The fourth-order valence-corrected chi connectivity index (χ4v) is 4.09. The summed E-state index contributed by atoms with van der Waals surface area (Å²) in [5.74, 6) is 1.84. The van der Waals surface area contributed by atoms with E-state index in [1.807, 2.05) is 44.2 Å². The van der Waals surface area contributed by atoms with Crippen LogP contribution in [-0.4, -0.2) is 47.5 Å². The van der Waals surface area contributed by atoms with Gasteiger partial charge in [0, 0.05) is 25.1 Å². The van der Waals surface area contributed by atoms with Crippen LogP contribution in [0.4, 0.5) is 4.79 Å². The van der Waals surface area contributed by atoms with Crippen LogP contribution < -0.4 is 10.6 Å². The molecule has 198 valence electrons. The number of alkyl carbamates (subject to hydrolysis) is 1. The lowest BCUT2D eigenvalue weighted by atomic mass is 9.97. The van der Waals surface area contributed by atoms with Crippen molar-refractivity contribution in [2.24, 2.45) is 0 Å². The number of carbonyl (C=O) groups excluding carboxylic acids is 3. The van der Waals surface area contributed by atoms with E-state index < -0.39 is 29.7 Å². The molecule has 3 atom stereocenters. The second-order valence-corrected chi connectivity index (χ2v) is 10.2. The van der Waals surface area contributed by atoms with E-state index in [1.54, 1.807) is 52.1 Å². The largest absolute Gasteiger partial charge is 0.444 e. The molecule has 0 bridgehead atoms. The van der Waals surface area contributed by atoms with Gasteiger partial charge in [-0.1, -0.05) is 67.8 Å². The van der Waals surface area contributed by atoms with E-state index in [0.717, 1.165) is 18.4 Å². The number of hydrogen-bond donors (Lipinski definition) is 2. The summed E-state index contributed by atoms with van der Waals surface area (Å²) in [6.07, 6.45) is 6.95. The molecular weight excluding hydrogens is 466 g/mol. The molecule has 0 radical (unpaired) electrons. The summed E-state index contributed by atoms with van der Waals surface area (Å²) < 4.78 is 5.42. The van der Waals surface area contributed by atoms with Crippen LogP contribution >= 0.6 is 0 Å². The van der Waals surface area contributed by atoms with Gasteiger partial charge in [-0.3, -0.25) is 9.59 Å². The van der Waals surface area contributed by atoms with Crippen LogP contribution in [-0.2, 0) is 20.7 Å². The number of ether oxygens (including phenoxy) is 1. The zero-order valence-corrected chi connectivity index (χ0v) is 22.7. The van der Waals surface area contributed by atoms with Gasteiger partial charge in [0.1, 0.15) is 17.7 Å². The molecule has 3 amide bonds. The summed E-state index contributed by atoms with van der Waals surface area (Å²) in [5.41, 5.74) is 1.18. The third-order valence-electron chi connectivity index (χ3n) is 5.78. The molecule has 0 heterocycles. The van der Waals surface area contributed by atoms with E-state index in [0.29, 0.717) is 11.1 Å². The zero-order valence-electron chi connectivity index (χ0n) is 22.7. The van der Waals surface area contributed by atoms with Gasteiger partial charge in [0.2, 0.25) is 11.8 Å². The van der Waals surface area contributed by atoms with Crippen LogP contribution in [0.5, 0.6) is 0 Å². The number of nitrogens with one attached hydrogen (secondary N) is 2. The maximum atomic E-state index is 13.9. The maximum absolute atomic E-state index is 13.9. The fourth-order valence-electron chi connectivity index (χ4n) is 4.09. The average molecular weight is 506 g/mol. The van der Waals surface area contributed by atoms with Crippen molar-refractivity contribution in [2.45, 2.75) is 77.6 Å². The van der Waals surface area contributed by atoms with E-state index in [4.69, 9.17) is 11.2 Å². The van der Waals surface area contributed by atoms with E-state index >= 15 is 0 Å². The Hall–Kier alpha value is -3.79. The number of rotatable bonds is 10. The number of benzene rings is 2. The average Bonchev–Trinajstić information content (AvgIpc) is 2.83. The highest BCUT2D eigenvalue weighted by atomic mass is 16.6. The lowest BCUT2D eigenvalue weighted by Gasteiger charge is -2.33. The minimum absolute atomic E-state index is 0.0819. The molecule has 2 aromatic rings. The first-order valence-electron chi connectivity index (χ1n) is 12.6. The highest BCUT2D eigenvalue weighted by Crippen LogP contribution is 2.25. The summed E-state index contributed by atoms with van der Waals surface area (Å²) in [6.45, 7) is 9.22. The Balaban J connectivity index is 2.45. The Labute approximate surface area is 221 Å². The number of nitrogens with zero attached hydrogens (tertiary/aromatic N) is 1. The molecule has 37 heavy (non-hydrogen) atoms. The van der Waals surface area contributed by atoms with Gasteiger partial charge in [0.15, 0.2) is 0 Å². The van der Waals surface area contributed by atoms with Crippen molar-refractivity contribution in [1.29, 1.82) is 0 Å². The number of amides is 3. The maximum Gasteiger partial charge on any atom is 0.408 e. The van der Waals surface area contributed by atoms with Crippen molar-refractivity contribution in [1.82, 2.24) is 15.5 Å². The Morgan fingerprint density at radius 2 is 1.65 bits per heavy atom. The van der Waals surface area contributed by atoms with Crippen molar-refractivity contribution in [3.8, 4) is 12.3 Å². The van der Waals surface area contributed by atoms with Gasteiger partial charge in [-0.15, -0.1) is 6.42 Å². The first kappa shape index (κ1) is 29.4. The standard InChI is InChI=1S/C30H39N3O4/c1-8-15-21(3)31-27(34)26(24-19-14-13-18-23(24)9-2)33(7)28(35)25(20-22-16-11-10-12-17-22)32-29(36)37-30(4,5)6/h2,10-14,16-19,21,25-26H,8,15,20H2,1,3-7H3,(H,31,34)(H,32,36). The number of likely N-dealkylation sites (N-methyl/N-ethyl adjacent to an activating group) is 1. The van der Waals surface area contributed by atoms with Crippen molar-refractivity contribution in [3.05, 3.63) is 71.3 Å². The van der Waals surface area contributed by atoms with E-state index in [2.05, 4.69) is 16.6 Å². The van der Waals surface area contributed by atoms with Crippen molar-refractivity contribution < 1.29 is 19.1 Å². The SMILES string of the molecule is C#Cc1ccccc1C(C(=O)NC(C)CCC)N(C)C(=O)C(Cc1ccccc1)NC(=O)OC(C)(C)C.